The molecule has 114 valence electrons. The molecular weight excluding hydrogens is 326 g/mol. The average molecular weight is 337 g/mol. The molecule has 1 N–H and O–H groups in total. The van der Waals surface area contributed by atoms with E-state index < -0.39 is 10.8 Å². The summed E-state index contributed by atoms with van der Waals surface area (Å²) in [6, 6.07) is 4.33. The second-order valence-electron chi connectivity index (χ2n) is 4.18. The Kier molecular flexibility index (Phi) is 4.88. The zero-order chi connectivity index (χ0) is 16.3. The first-order valence-electron chi connectivity index (χ1n) is 6.03. The minimum atomic E-state index is -0.632. The number of benzene rings is 1. The lowest BCUT2D eigenvalue weighted by atomic mass is 10.1. The molecule has 0 spiro atoms. The molecule has 7 nitrogen and oxygen atoms in total. The van der Waals surface area contributed by atoms with Gasteiger partial charge < -0.3 is 0 Å². The molecular formula is C13H11N3O4S2. The molecule has 1 aromatic carbocycles. The second-order valence-corrected chi connectivity index (χ2v) is 6.09. The molecule has 0 aliphatic carbocycles. The van der Waals surface area contributed by atoms with Crippen LogP contribution in [0.2, 0.25) is 0 Å². The van der Waals surface area contributed by atoms with E-state index in [1.54, 1.807) is 6.07 Å². The van der Waals surface area contributed by atoms with Crippen molar-refractivity contribution in [3.05, 3.63) is 45.0 Å². The minimum absolute atomic E-state index is 0.0450. The summed E-state index contributed by atoms with van der Waals surface area (Å²) in [6.45, 7) is 1.39. The number of ketones is 1. The van der Waals surface area contributed by atoms with Gasteiger partial charge in [0.05, 0.1) is 16.0 Å². The third-order valence-electron chi connectivity index (χ3n) is 2.72. The van der Waals surface area contributed by atoms with Gasteiger partial charge in [0.25, 0.3) is 11.6 Å². The monoisotopic (exact) mass is 337 g/mol. The number of nitrogens with zero attached hydrogens (tertiary/aromatic N) is 2. The van der Waals surface area contributed by atoms with Crippen LogP contribution in [-0.4, -0.2) is 27.9 Å². The van der Waals surface area contributed by atoms with Crippen molar-refractivity contribution in [1.82, 2.24) is 4.98 Å². The fourth-order valence-corrected chi connectivity index (χ4v) is 2.79. The van der Waals surface area contributed by atoms with Gasteiger partial charge in [-0.1, -0.05) is 11.3 Å². The van der Waals surface area contributed by atoms with Gasteiger partial charge in [-0.15, -0.1) is 11.8 Å². The molecule has 9 heteroatoms. The number of Topliss-reactive ketones (excluding diaryl/α,β-unsaturated/α-hetero) is 1. The number of aromatic nitrogens is 1. The van der Waals surface area contributed by atoms with Crippen LogP contribution in [0.25, 0.3) is 0 Å². The van der Waals surface area contributed by atoms with E-state index in [9.17, 15) is 19.7 Å². The molecule has 1 amide bonds. The Morgan fingerprint density at radius 1 is 1.41 bits per heavy atom. The fraction of sp³-hybridized carbons (Fsp3) is 0.154. The van der Waals surface area contributed by atoms with Crippen LogP contribution in [0.4, 0.5) is 10.8 Å². The van der Waals surface area contributed by atoms with Crippen molar-refractivity contribution in [3.63, 3.8) is 0 Å². The summed E-state index contributed by atoms with van der Waals surface area (Å²) >= 11 is 2.40. The van der Waals surface area contributed by atoms with Crippen LogP contribution >= 0.6 is 23.1 Å². The van der Waals surface area contributed by atoms with Gasteiger partial charge in [-0.25, -0.2) is 4.98 Å². The van der Waals surface area contributed by atoms with E-state index in [-0.39, 0.29) is 22.2 Å². The van der Waals surface area contributed by atoms with Crippen molar-refractivity contribution in [2.45, 2.75) is 11.8 Å². The maximum atomic E-state index is 12.2. The van der Waals surface area contributed by atoms with Crippen LogP contribution in [0.5, 0.6) is 0 Å². The van der Waals surface area contributed by atoms with Crippen molar-refractivity contribution in [3.8, 4) is 0 Å². The Labute approximate surface area is 133 Å². The number of nitrogens with one attached hydrogen (secondary N) is 1. The summed E-state index contributed by atoms with van der Waals surface area (Å²) in [4.78, 5) is 38.9. The first-order valence-corrected chi connectivity index (χ1v) is 8.07. The van der Waals surface area contributed by atoms with E-state index in [1.807, 2.05) is 6.26 Å². The molecule has 0 saturated heterocycles. The Morgan fingerprint density at radius 2 is 2.14 bits per heavy atom. The van der Waals surface area contributed by atoms with Crippen LogP contribution < -0.4 is 5.32 Å². The van der Waals surface area contributed by atoms with Crippen LogP contribution in [0.3, 0.4) is 0 Å². The first kappa shape index (κ1) is 16.1. The number of nitro benzene ring substituents is 1. The molecule has 0 aliphatic rings. The minimum Gasteiger partial charge on any atom is -0.298 e. The van der Waals surface area contributed by atoms with E-state index in [0.717, 1.165) is 16.2 Å². The number of thioether (sulfide) groups is 1. The van der Waals surface area contributed by atoms with E-state index in [0.29, 0.717) is 4.88 Å². The number of hydrogen-bond acceptors (Lipinski definition) is 7. The van der Waals surface area contributed by atoms with Gasteiger partial charge in [0.1, 0.15) is 5.56 Å². The normalized spacial score (nSPS) is 10.3. The van der Waals surface area contributed by atoms with E-state index in [2.05, 4.69) is 10.3 Å². The quantitative estimate of drug-likeness (QED) is 0.389. The molecule has 1 heterocycles. The number of thiazole rings is 1. The third kappa shape index (κ3) is 3.49. The molecule has 0 radical (unpaired) electrons. The molecule has 0 bridgehead atoms. The number of amides is 1. The molecule has 1 aromatic heterocycles. The average Bonchev–Trinajstić information content (AvgIpc) is 2.95. The summed E-state index contributed by atoms with van der Waals surface area (Å²) < 4.78 is 0. The molecule has 0 atom stereocenters. The summed E-state index contributed by atoms with van der Waals surface area (Å²) in [5.41, 5.74) is -0.324. The molecule has 0 fully saturated rings. The highest BCUT2D eigenvalue weighted by molar-refractivity contribution is 7.98. The lowest BCUT2D eigenvalue weighted by Gasteiger charge is -2.05. The zero-order valence-corrected chi connectivity index (χ0v) is 13.3. The summed E-state index contributed by atoms with van der Waals surface area (Å²) in [5.74, 6) is -0.791. The Balaban J connectivity index is 2.31. The molecule has 0 saturated carbocycles. The highest BCUT2D eigenvalue weighted by Crippen LogP contribution is 2.26. The van der Waals surface area contributed by atoms with Crippen molar-refractivity contribution >= 4 is 45.6 Å². The Hall–Kier alpha value is -2.26. The molecule has 0 aliphatic heterocycles. The fourth-order valence-electron chi connectivity index (χ4n) is 1.64. The molecule has 2 rings (SSSR count). The standard InChI is InChI=1S/C13H11N3O4S2/c1-7(17)11-6-14-13(22-11)15-12(18)9-5-8(21-2)3-4-10(9)16(19)20/h3-6H,1-2H3,(H,14,15,18). The number of carbonyl (C=O) groups excluding carboxylic acids is 2. The summed E-state index contributed by atoms with van der Waals surface area (Å²) in [6.07, 6.45) is 3.16. The van der Waals surface area contributed by atoms with Crippen LogP contribution in [-0.2, 0) is 0 Å². The van der Waals surface area contributed by atoms with Crippen LogP contribution in [0, 0.1) is 10.1 Å². The second kappa shape index (κ2) is 6.67. The Morgan fingerprint density at radius 3 is 2.68 bits per heavy atom. The summed E-state index contributed by atoms with van der Waals surface area (Å²) in [7, 11) is 0. The van der Waals surface area contributed by atoms with Crippen LogP contribution in [0.15, 0.2) is 29.3 Å². The number of anilines is 1. The largest absolute Gasteiger partial charge is 0.298 e. The van der Waals surface area contributed by atoms with Gasteiger partial charge in [-0.05, 0) is 18.4 Å². The van der Waals surface area contributed by atoms with Crippen LogP contribution in [0.1, 0.15) is 27.0 Å². The maximum absolute atomic E-state index is 12.2. The van der Waals surface area contributed by atoms with Crippen molar-refractivity contribution in [2.24, 2.45) is 0 Å². The molecule has 2 aromatic rings. The van der Waals surface area contributed by atoms with E-state index >= 15 is 0 Å². The summed E-state index contributed by atoms with van der Waals surface area (Å²) in [5, 5.41) is 13.7. The van der Waals surface area contributed by atoms with Crippen molar-refractivity contribution in [1.29, 1.82) is 0 Å². The Bertz CT molecular complexity index is 757. The lowest BCUT2D eigenvalue weighted by Crippen LogP contribution is -2.13. The topological polar surface area (TPSA) is 102 Å². The van der Waals surface area contributed by atoms with Gasteiger partial charge >= 0.3 is 0 Å². The van der Waals surface area contributed by atoms with Crippen molar-refractivity contribution < 1.29 is 14.5 Å². The van der Waals surface area contributed by atoms with Gasteiger partial charge in [-0.3, -0.25) is 25.0 Å². The smallest absolute Gasteiger partial charge is 0.282 e. The van der Waals surface area contributed by atoms with Gasteiger partial charge in [0, 0.05) is 17.9 Å². The SMILES string of the molecule is CSc1ccc([N+](=O)[O-])c(C(=O)Nc2ncc(C(C)=O)s2)c1. The number of hydrogen-bond donors (Lipinski definition) is 1. The van der Waals surface area contributed by atoms with Gasteiger partial charge in [0.2, 0.25) is 0 Å². The number of nitro groups is 1. The maximum Gasteiger partial charge on any atom is 0.282 e. The lowest BCUT2D eigenvalue weighted by molar-refractivity contribution is -0.385. The zero-order valence-electron chi connectivity index (χ0n) is 11.7. The van der Waals surface area contributed by atoms with Gasteiger partial charge in [-0.2, -0.15) is 0 Å². The first-order chi connectivity index (χ1) is 10.4. The third-order valence-corrected chi connectivity index (χ3v) is 4.46. The molecule has 22 heavy (non-hydrogen) atoms. The predicted molar refractivity (Wildman–Crippen MR) is 84.9 cm³/mol. The number of rotatable bonds is 5. The predicted octanol–water partition coefficient (Wildman–Crippen LogP) is 3.23. The highest BCUT2D eigenvalue weighted by Gasteiger charge is 2.21. The van der Waals surface area contributed by atoms with Crippen molar-refractivity contribution in [2.75, 3.05) is 11.6 Å². The van der Waals surface area contributed by atoms with Gasteiger partial charge in [0.15, 0.2) is 10.9 Å². The van der Waals surface area contributed by atoms with E-state index in [4.69, 9.17) is 0 Å². The highest BCUT2D eigenvalue weighted by atomic mass is 32.2. The van der Waals surface area contributed by atoms with E-state index in [1.165, 1.54) is 37.0 Å². The molecule has 0 unspecified atom stereocenters. The number of carbonyl (C=O) groups is 2.